The molecule has 0 aliphatic carbocycles. The summed E-state index contributed by atoms with van der Waals surface area (Å²) < 4.78 is 4.98. The van der Waals surface area contributed by atoms with Crippen molar-refractivity contribution >= 4 is 28.9 Å². The minimum atomic E-state index is -0.606. The number of carbonyl (C=O) groups is 2. The first-order chi connectivity index (χ1) is 11.6. The fraction of sp³-hybridized carbons (Fsp3) is 0.278. The molecule has 5 nitrogen and oxygen atoms in total. The van der Waals surface area contributed by atoms with E-state index in [4.69, 9.17) is 10.00 Å². The maximum Gasteiger partial charge on any atom is 0.312 e. The van der Waals surface area contributed by atoms with Crippen molar-refractivity contribution in [2.45, 2.75) is 19.4 Å². The van der Waals surface area contributed by atoms with E-state index in [1.807, 2.05) is 48.7 Å². The zero-order valence-corrected chi connectivity index (χ0v) is 14.0. The number of thiophene rings is 1. The number of nitrogens with zero attached hydrogens (tertiary/aromatic N) is 2. The van der Waals surface area contributed by atoms with E-state index >= 15 is 0 Å². The van der Waals surface area contributed by atoms with E-state index in [2.05, 4.69) is 0 Å². The van der Waals surface area contributed by atoms with Gasteiger partial charge in [-0.25, -0.2) is 0 Å². The average molecular weight is 340 g/mol. The maximum atomic E-state index is 12.6. The minimum absolute atomic E-state index is 0.0840. The number of aryl methyl sites for hydroxylation is 1. The van der Waals surface area contributed by atoms with Crippen molar-refractivity contribution < 1.29 is 14.3 Å². The first-order valence-corrected chi connectivity index (χ1v) is 8.45. The molecule has 0 N–H and O–H groups in total. The number of esters is 1. The Morgan fingerprint density at radius 2 is 2.12 bits per heavy atom. The van der Waals surface area contributed by atoms with Gasteiger partial charge in [-0.2, -0.15) is 5.26 Å². The average Bonchev–Trinajstić information content (AvgIpc) is 3.21. The second-order valence-corrected chi connectivity index (χ2v) is 6.62. The molecule has 0 spiro atoms. The molecule has 122 valence electrons. The number of amides is 1. The molecule has 0 radical (unpaired) electrons. The van der Waals surface area contributed by atoms with E-state index < -0.39 is 17.9 Å². The van der Waals surface area contributed by atoms with Crippen LogP contribution in [0.5, 0.6) is 0 Å². The Labute approximate surface area is 144 Å². The molecule has 1 saturated heterocycles. The Balaban J connectivity index is 1.98. The van der Waals surface area contributed by atoms with E-state index in [-0.39, 0.29) is 18.9 Å². The van der Waals surface area contributed by atoms with Crippen LogP contribution in [-0.4, -0.2) is 18.5 Å². The molecular formula is C18H16N2O3S. The molecule has 1 aliphatic heterocycles. The third kappa shape index (κ3) is 3.03. The Morgan fingerprint density at radius 1 is 1.38 bits per heavy atom. The maximum absolute atomic E-state index is 12.6. The van der Waals surface area contributed by atoms with Crippen molar-refractivity contribution in [3.05, 3.63) is 52.2 Å². The van der Waals surface area contributed by atoms with Gasteiger partial charge >= 0.3 is 5.97 Å². The number of carbonyl (C=O) groups excluding carboxylic acids is 2. The highest BCUT2D eigenvalue weighted by atomic mass is 32.1. The fourth-order valence-electron chi connectivity index (χ4n) is 2.95. The highest BCUT2D eigenvalue weighted by molar-refractivity contribution is 7.10. The highest BCUT2D eigenvalue weighted by Gasteiger charge is 2.46. The summed E-state index contributed by atoms with van der Waals surface area (Å²) in [6.45, 7) is 1.68. The van der Waals surface area contributed by atoms with E-state index in [0.29, 0.717) is 0 Å². The van der Waals surface area contributed by atoms with Crippen LogP contribution < -0.4 is 4.90 Å². The number of nitriles is 1. The van der Waals surface area contributed by atoms with Crippen molar-refractivity contribution in [3.63, 3.8) is 0 Å². The third-order valence-electron chi connectivity index (χ3n) is 4.05. The van der Waals surface area contributed by atoms with Gasteiger partial charge in [0.15, 0.2) is 6.61 Å². The Kier molecular flexibility index (Phi) is 4.63. The molecule has 2 unspecified atom stereocenters. The van der Waals surface area contributed by atoms with E-state index in [0.717, 1.165) is 16.1 Å². The molecule has 3 rings (SSSR count). The van der Waals surface area contributed by atoms with Crippen molar-refractivity contribution in [2.24, 2.45) is 5.92 Å². The summed E-state index contributed by atoms with van der Waals surface area (Å²) in [5.41, 5.74) is 1.86. The molecule has 2 heterocycles. The summed E-state index contributed by atoms with van der Waals surface area (Å²) in [5.74, 6) is -1.22. The van der Waals surface area contributed by atoms with Gasteiger partial charge in [0.05, 0.1) is 12.0 Å². The molecule has 1 amide bonds. The van der Waals surface area contributed by atoms with Crippen LogP contribution in [0.4, 0.5) is 5.69 Å². The van der Waals surface area contributed by atoms with E-state index in [9.17, 15) is 9.59 Å². The first-order valence-electron chi connectivity index (χ1n) is 7.57. The number of hydrogen-bond donors (Lipinski definition) is 0. The van der Waals surface area contributed by atoms with Crippen molar-refractivity contribution in [3.8, 4) is 6.07 Å². The predicted octanol–water partition coefficient (Wildman–Crippen LogP) is 3.22. The molecule has 0 saturated carbocycles. The smallest absolute Gasteiger partial charge is 0.312 e. The van der Waals surface area contributed by atoms with E-state index in [1.54, 1.807) is 11.0 Å². The van der Waals surface area contributed by atoms with Gasteiger partial charge in [0.1, 0.15) is 6.07 Å². The molecule has 6 heteroatoms. The first kappa shape index (κ1) is 16.2. The zero-order valence-electron chi connectivity index (χ0n) is 13.1. The largest absolute Gasteiger partial charge is 0.450 e. The third-order valence-corrected chi connectivity index (χ3v) is 4.99. The molecular weight excluding hydrogens is 324 g/mol. The van der Waals surface area contributed by atoms with E-state index in [1.165, 1.54) is 11.3 Å². The standard InChI is InChI=1S/C18H16N2O3S/c1-12-4-6-13(7-5-12)20-16(21)11-14(18(22)23-9-8-19)17(20)15-3-2-10-24-15/h2-7,10,14,17H,9,11H2,1H3. The quantitative estimate of drug-likeness (QED) is 0.801. The lowest BCUT2D eigenvalue weighted by Crippen LogP contribution is -2.30. The lowest BCUT2D eigenvalue weighted by Gasteiger charge is -2.26. The van der Waals surface area contributed by atoms with Crippen LogP contribution in [0.2, 0.25) is 0 Å². The normalized spacial score (nSPS) is 20.0. The number of anilines is 1. The summed E-state index contributed by atoms with van der Waals surface area (Å²) in [7, 11) is 0. The second-order valence-electron chi connectivity index (χ2n) is 5.64. The molecule has 1 aliphatic rings. The van der Waals surface area contributed by atoms with Crippen LogP contribution in [0, 0.1) is 24.2 Å². The molecule has 0 bridgehead atoms. The molecule has 1 aromatic heterocycles. The predicted molar refractivity (Wildman–Crippen MR) is 90.4 cm³/mol. The van der Waals surface area contributed by atoms with Gasteiger partial charge in [-0.3, -0.25) is 9.59 Å². The summed E-state index contributed by atoms with van der Waals surface area (Å²) in [6.07, 6.45) is 0.0840. The van der Waals surface area contributed by atoms with Crippen molar-refractivity contribution in [1.29, 1.82) is 5.26 Å². The number of rotatable bonds is 4. The van der Waals surface area contributed by atoms with Gasteiger partial charge in [0.2, 0.25) is 5.91 Å². The fourth-order valence-corrected chi connectivity index (χ4v) is 3.83. The summed E-state index contributed by atoms with van der Waals surface area (Å²) >= 11 is 1.50. The Morgan fingerprint density at radius 3 is 2.75 bits per heavy atom. The SMILES string of the molecule is Cc1ccc(N2C(=O)CC(C(=O)OCC#N)C2c2cccs2)cc1. The van der Waals surface area contributed by atoms with Crippen LogP contribution in [0.1, 0.15) is 22.9 Å². The summed E-state index contributed by atoms with van der Waals surface area (Å²) in [5, 5.41) is 10.5. The number of ether oxygens (including phenoxy) is 1. The topological polar surface area (TPSA) is 70.4 Å². The second kappa shape index (κ2) is 6.85. The monoisotopic (exact) mass is 340 g/mol. The Bertz CT molecular complexity index is 778. The molecule has 1 fully saturated rings. The molecule has 2 aromatic rings. The van der Waals surface area contributed by atoms with Crippen molar-refractivity contribution in [2.75, 3.05) is 11.5 Å². The zero-order chi connectivity index (χ0) is 17.1. The van der Waals surface area contributed by atoms with Crippen LogP contribution >= 0.6 is 11.3 Å². The summed E-state index contributed by atoms with van der Waals surface area (Å²) in [6, 6.07) is 12.9. The van der Waals surface area contributed by atoms with Crippen LogP contribution in [0.15, 0.2) is 41.8 Å². The van der Waals surface area contributed by atoms with Crippen LogP contribution in [0.25, 0.3) is 0 Å². The van der Waals surface area contributed by atoms with Gasteiger partial charge < -0.3 is 9.64 Å². The number of hydrogen-bond acceptors (Lipinski definition) is 5. The molecule has 1 aromatic carbocycles. The van der Waals surface area contributed by atoms with Crippen LogP contribution in [-0.2, 0) is 14.3 Å². The molecule has 24 heavy (non-hydrogen) atoms. The number of benzene rings is 1. The Hall–Kier alpha value is -2.65. The lowest BCUT2D eigenvalue weighted by molar-refractivity contribution is -0.147. The van der Waals surface area contributed by atoms with Gasteiger partial charge in [0, 0.05) is 17.0 Å². The van der Waals surface area contributed by atoms with Crippen LogP contribution in [0.3, 0.4) is 0 Å². The van der Waals surface area contributed by atoms with Gasteiger partial charge in [-0.15, -0.1) is 11.3 Å². The highest BCUT2D eigenvalue weighted by Crippen LogP contribution is 2.43. The van der Waals surface area contributed by atoms with Gasteiger partial charge in [-0.05, 0) is 30.5 Å². The minimum Gasteiger partial charge on any atom is -0.450 e. The van der Waals surface area contributed by atoms with Gasteiger partial charge in [-0.1, -0.05) is 23.8 Å². The molecule has 2 atom stereocenters. The van der Waals surface area contributed by atoms with Gasteiger partial charge in [0.25, 0.3) is 0 Å². The van der Waals surface area contributed by atoms with Crippen molar-refractivity contribution in [1.82, 2.24) is 0 Å². The summed E-state index contributed by atoms with van der Waals surface area (Å²) in [4.78, 5) is 27.6. The lowest BCUT2D eigenvalue weighted by atomic mass is 9.99.